The number of hydrogen-bond acceptors (Lipinski definition) is 0. The van der Waals surface area contributed by atoms with E-state index in [4.69, 9.17) is 0 Å². The zero-order valence-electron chi connectivity index (χ0n) is 14.4. The van der Waals surface area contributed by atoms with E-state index in [0.29, 0.717) is 11.5 Å². The van der Waals surface area contributed by atoms with E-state index >= 15 is 0 Å². The Morgan fingerprint density at radius 1 is 1.00 bits per heavy atom. The van der Waals surface area contributed by atoms with Gasteiger partial charge in [-0.3, -0.25) is 0 Å². The zero-order chi connectivity index (χ0) is 15.6. The van der Waals surface area contributed by atoms with Gasteiger partial charge in [0, 0.05) is 0 Å². The Hall–Kier alpha value is -1.08. The maximum Gasteiger partial charge on any atom is 0.0972 e. The highest BCUT2D eigenvalue weighted by Crippen LogP contribution is 2.46. The van der Waals surface area contributed by atoms with Crippen molar-refractivity contribution in [1.82, 2.24) is 0 Å². The molecule has 0 N–H and O–H groups in total. The Morgan fingerprint density at radius 3 is 2.27 bits per heavy atom. The molecule has 2 unspecified atom stereocenters. The van der Waals surface area contributed by atoms with E-state index in [-0.39, 0.29) is 0 Å². The van der Waals surface area contributed by atoms with E-state index in [2.05, 4.69) is 69.0 Å². The normalized spacial score (nSPS) is 25.3. The fourth-order valence-corrected chi connectivity index (χ4v) is 9.44. The molecule has 118 valence electrons. The molecule has 2 atom stereocenters. The Bertz CT molecular complexity index is 549. The standard InChI is InChI=1S/C21H30Si/c1-17(2)18-14-15-21(16-18)22(3,19-10-6-4-7-11-19)20-12-8-5-9-13-20/h4,6-7,10-11,14-17,20-21H,5,8-9,12-13H2,1-3H3. The van der Waals surface area contributed by atoms with Crippen LogP contribution in [0.2, 0.25) is 17.6 Å². The molecule has 0 radical (unpaired) electrons. The maximum absolute atomic E-state index is 2.66. The molecule has 0 spiro atoms. The van der Waals surface area contributed by atoms with Gasteiger partial charge in [-0.15, -0.1) is 0 Å². The third-order valence-electron chi connectivity index (χ3n) is 6.08. The Morgan fingerprint density at radius 2 is 1.68 bits per heavy atom. The molecule has 0 bridgehead atoms. The van der Waals surface area contributed by atoms with Crippen molar-refractivity contribution in [2.45, 2.75) is 63.6 Å². The smallest absolute Gasteiger partial charge is 0.0797 e. The Labute approximate surface area is 137 Å². The molecule has 1 aromatic rings. The van der Waals surface area contributed by atoms with Crippen molar-refractivity contribution < 1.29 is 0 Å². The fraction of sp³-hybridized carbons (Fsp3) is 0.524. The van der Waals surface area contributed by atoms with Crippen LogP contribution >= 0.6 is 0 Å². The van der Waals surface area contributed by atoms with Gasteiger partial charge in [0.05, 0.1) is 8.07 Å². The van der Waals surface area contributed by atoms with Gasteiger partial charge in [-0.1, -0.05) is 106 Å². The van der Waals surface area contributed by atoms with Crippen LogP contribution in [0.1, 0.15) is 46.0 Å². The summed E-state index contributed by atoms with van der Waals surface area (Å²) in [5, 5.41) is 1.66. The van der Waals surface area contributed by atoms with Gasteiger partial charge in [-0.05, 0) is 22.6 Å². The van der Waals surface area contributed by atoms with Crippen LogP contribution in [0.3, 0.4) is 0 Å². The maximum atomic E-state index is 2.66. The zero-order valence-corrected chi connectivity index (χ0v) is 15.4. The second-order valence-corrected chi connectivity index (χ2v) is 12.3. The summed E-state index contributed by atoms with van der Waals surface area (Å²) in [7, 11) is -1.54. The molecule has 0 nitrogen and oxygen atoms in total. The highest BCUT2D eigenvalue weighted by molar-refractivity contribution is 6.94. The van der Waals surface area contributed by atoms with Crippen LogP contribution < -0.4 is 5.19 Å². The van der Waals surface area contributed by atoms with Crippen molar-refractivity contribution in [2.24, 2.45) is 5.92 Å². The molecule has 0 saturated heterocycles. The molecule has 3 rings (SSSR count). The fourth-order valence-electron chi connectivity index (χ4n) is 4.49. The summed E-state index contributed by atoms with van der Waals surface area (Å²) in [6.07, 6.45) is 14.8. The first kappa shape index (κ1) is 15.8. The van der Waals surface area contributed by atoms with Gasteiger partial charge in [-0.25, -0.2) is 0 Å². The first-order valence-corrected chi connectivity index (χ1v) is 11.7. The van der Waals surface area contributed by atoms with Crippen molar-refractivity contribution in [3.8, 4) is 0 Å². The molecule has 0 aromatic heterocycles. The van der Waals surface area contributed by atoms with Crippen molar-refractivity contribution in [2.75, 3.05) is 0 Å². The van der Waals surface area contributed by atoms with Crippen LogP contribution in [0.25, 0.3) is 0 Å². The van der Waals surface area contributed by atoms with Crippen LogP contribution in [-0.2, 0) is 0 Å². The predicted molar refractivity (Wildman–Crippen MR) is 100 cm³/mol. The summed E-state index contributed by atoms with van der Waals surface area (Å²) in [6.45, 7) is 7.30. The van der Waals surface area contributed by atoms with Crippen LogP contribution in [0.5, 0.6) is 0 Å². The van der Waals surface area contributed by atoms with Crippen LogP contribution in [-0.4, -0.2) is 8.07 Å². The van der Waals surface area contributed by atoms with E-state index in [0.717, 1.165) is 5.54 Å². The highest BCUT2D eigenvalue weighted by atomic mass is 28.3. The van der Waals surface area contributed by atoms with Gasteiger partial charge >= 0.3 is 0 Å². The van der Waals surface area contributed by atoms with E-state index in [1.54, 1.807) is 10.8 Å². The second-order valence-electron chi connectivity index (χ2n) is 7.69. The van der Waals surface area contributed by atoms with E-state index < -0.39 is 8.07 Å². The highest BCUT2D eigenvalue weighted by Gasteiger charge is 2.44. The van der Waals surface area contributed by atoms with Gasteiger partial charge in [0.15, 0.2) is 0 Å². The average molecular weight is 311 g/mol. The lowest BCUT2D eigenvalue weighted by Crippen LogP contribution is -2.52. The molecule has 1 saturated carbocycles. The minimum absolute atomic E-state index is 0.654. The average Bonchev–Trinajstić information content (AvgIpc) is 3.06. The van der Waals surface area contributed by atoms with Gasteiger partial charge in [0.25, 0.3) is 0 Å². The van der Waals surface area contributed by atoms with E-state index in [1.807, 2.05) is 0 Å². The molecule has 0 heterocycles. The predicted octanol–water partition coefficient (Wildman–Crippen LogP) is 5.83. The van der Waals surface area contributed by atoms with Crippen LogP contribution in [0.15, 0.2) is 54.1 Å². The van der Waals surface area contributed by atoms with Gasteiger partial charge < -0.3 is 0 Å². The van der Waals surface area contributed by atoms with Crippen molar-refractivity contribution in [3.63, 3.8) is 0 Å². The van der Waals surface area contributed by atoms with Crippen molar-refractivity contribution >= 4 is 13.3 Å². The lowest BCUT2D eigenvalue weighted by molar-refractivity contribution is 0.492. The molecule has 2 aliphatic rings. The Kier molecular flexibility index (Phi) is 4.72. The van der Waals surface area contributed by atoms with Gasteiger partial charge in [0.1, 0.15) is 0 Å². The number of benzene rings is 1. The summed E-state index contributed by atoms with van der Waals surface area (Å²) in [5.74, 6) is 0.654. The lowest BCUT2D eigenvalue weighted by Gasteiger charge is -2.42. The molecule has 1 fully saturated rings. The summed E-state index contributed by atoms with van der Waals surface area (Å²) < 4.78 is 0. The molecular weight excluding hydrogens is 280 g/mol. The SMILES string of the molecule is CC(C)C1=CC([Si](C)(c2ccccc2)C2CCCCC2)C=C1. The largest absolute Gasteiger partial charge is 0.0972 e. The minimum atomic E-state index is -1.54. The molecule has 0 amide bonds. The first-order chi connectivity index (χ1) is 10.6. The topological polar surface area (TPSA) is 0 Å². The number of rotatable bonds is 4. The molecule has 0 aliphatic heterocycles. The third-order valence-corrected chi connectivity index (χ3v) is 11.7. The van der Waals surface area contributed by atoms with Gasteiger partial charge in [-0.2, -0.15) is 0 Å². The van der Waals surface area contributed by atoms with Gasteiger partial charge in [0.2, 0.25) is 0 Å². The van der Waals surface area contributed by atoms with Crippen LogP contribution in [0, 0.1) is 5.92 Å². The molecular formula is C21H30Si. The number of hydrogen-bond donors (Lipinski definition) is 0. The molecule has 1 aromatic carbocycles. The van der Waals surface area contributed by atoms with Crippen molar-refractivity contribution in [1.29, 1.82) is 0 Å². The minimum Gasteiger partial charge on any atom is -0.0797 e. The lowest BCUT2D eigenvalue weighted by atomic mass is 10.0. The van der Waals surface area contributed by atoms with E-state index in [9.17, 15) is 0 Å². The molecule has 1 heteroatoms. The van der Waals surface area contributed by atoms with Crippen molar-refractivity contribution in [3.05, 3.63) is 54.1 Å². The summed E-state index contributed by atoms with van der Waals surface area (Å²) >= 11 is 0. The monoisotopic (exact) mass is 310 g/mol. The second kappa shape index (κ2) is 6.58. The van der Waals surface area contributed by atoms with Crippen LogP contribution in [0.4, 0.5) is 0 Å². The summed E-state index contributed by atoms with van der Waals surface area (Å²) in [4.78, 5) is 0. The third kappa shape index (κ3) is 2.88. The Balaban J connectivity index is 1.99. The molecule has 22 heavy (non-hydrogen) atoms. The van der Waals surface area contributed by atoms with E-state index in [1.165, 1.54) is 32.1 Å². The molecule has 2 aliphatic carbocycles. The summed E-state index contributed by atoms with van der Waals surface area (Å²) in [6, 6.07) is 11.5. The first-order valence-electron chi connectivity index (χ1n) is 9.08. The number of allylic oxidation sites excluding steroid dienone is 4. The summed E-state index contributed by atoms with van der Waals surface area (Å²) in [5.41, 5.74) is 3.19. The quantitative estimate of drug-likeness (QED) is 0.614.